The van der Waals surface area contributed by atoms with Crippen molar-refractivity contribution >= 4 is 44.6 Å². The number of aromatic nitrogens is 2. The summed E-state index contributed by atoms with van der Waals surface area (Å²) < 4.78 is 12.9. The van der Waals surface area contributed by atoms with E-state index in [1.807, 2.05) is 20.8 Å². The van der Waals surface area contributed by atoms with Gasteiger partial charge in [0.1, 0.15) is 5.02 Å². The van der Waals surface area contributed by atoms with E-state index in [9.17, 15) is 9.59 Å². The molecule has 7 nitrogen and oxygen atoms in total. The average Bonchev–Trinajstić information content (AvgIpc) is 2.73. The minimum absolute atomic E-state index is 0.0529. The molecule has 2 aromatic carbocycles. The van der Waals surface area contributed by atoms with Crippen molar-refractivity contribution in [2.75, 3.05) is 6.61 Å². The van der Waals surface area contributed by atoms with Gasteiger partial charge in [-0.2, -0.15) is 5.10 Å². The van der Waals surface area contributed by atoms with Gasteiger partial charge in [-0.25, -0.2) is 4.79 Å². The van der Waals surface area contributed by atoms with Crippen molar-refractivity contribution in [3.05, 3.63) is 66.2 Å². The summed E-state index contributed by atoms with van der Waals surface area (Å²) in [5.74, 6) is 0.879. The van der Waals surface area contributed by atoms with Crippen LogP contribution in [-0.4, -0.2) is 28.6 Å². The van der Waals surface area contributed by atoms with Crippen LogP contribution in [0.4, 0.5) is 0 Å². The smallest absolute Gasteiger partial charge is 0.349 e. The van der Waals surface area contributed by atoms with Crippen LogP contribution in [0, 0.1) is 0 Å². The molecule has 0 saturated heterocycles. The maximum absolute atomic E-state index is 12.6. The Kier molecular flexibility index (Phi) is 6.99. The first kappa shape index (κ1) is 22.1. The second-order valence-electron chi connectivity index (χ2n) is 6.53. The van der Waals surface area contributed by atoms with Crippen molar-refractivity contribution in [3.63, 3.8) is 0 Å². The second kappa shape index (κ2) is 9.49. The quantitative estimate of drug-likeness (QED) is 0.488. The summed E-state index contributed by atoms with van der Waals surface area (Å²) in [6.45, 7) is 6.21. The van der Waals surface area contributed by atoms with Crippen LogP contribution in [0.15, 0.2) is 49.5 Å². The molecule has 3 aromatic rings. The third kappa shape index (κ3) is 4.44. The van der Waals surface area contributed by atoms with E-state index in [1.165, 1.54) is 6.21 Å². The molecule has 30 heavy (non-hydrogen) atoms. The van der Waals surface area contributed by atoms with Crippen LogP contribution in [0.1, 0.15) is 32.8 Å². The molecule has 0 aliphatic rings. The van der Waals surface area contributed by atoms with Crippen LogP contribution in [0.3, 0.4) is 0 Å². The number of rotatable bonds is 7. The molecule has 0 bridgehead atoms. The van der Waals surface area contributed by atoms with Gasteiger partial charge in [-0.1, -0.05) is 30.7 Å². The molecule has 0 fully saturated rings. The van der Waals surface area contributed by atoms with Crippen LogP contribution in [0.2, 0.25) is 5.02 Å². The molecule has 0 amide bonds. The highest BCUT2D eigenvalue weighted by atomic mass is 79.9. The van der Waals surface area contributed by atoms with E-state index < -0.39 is 11.2 Å². The lowest BCUT2D eigenvalue weighted by Gasteiger charge is -2.19. The summed E-state index contributed by atoms with van der Waals surface area (Å²) >= 11 is 9.96. The van der Waals surface area contributed by atoms with Crippen molar-refractivity contribution in [2.24, 2.45) is 5.10 Å². The van der Waals surface area contributed by atoms with E-state index in [1.54, 1.807) is 30.3 Å². The van der Waals surface area contributed by atoms with Crippen molar-refractivity contribution in [1.82, 2.24) is 9.66 Å². The number of aromatic amines is 1. The lowest BCUT2D eigenvalue weighted by Crippen LogP contribution is -2.32. The Morgan fingerprint density at radius 2 is 2.03 bits per heavy atom. The maximum Gasteiger partial charge on any atom is 0.349 e. The molecular weight excluding hydrogens is 474 g/mol. The summed E-state index contributed by atoms with van der Waals surface area (Å²) in [6, 6.07) is 8.44. The van der Waals surface area contributed by atoms with Gasteiger partial charge < -0.3 is 14.5 Å². The first-order valence-electron chi connectivity index (χ1n) is 9.47. The normalized spacial score (nSPS) is 12.4. The largest absolute Gasteiger partial charge is 0.490 e. The van der Waals surface area contributed by atoms with Crippen LogP contribution >= 0.6 is 27.5 Å². The van der Waals surface area contributed by atoms with Gasteiger partial charge in [-0.15, -0.1) is 4.68 Å². The van der Waals surface area contributed by atoms with E-state index in [-0.39, 0.29) is 6.10 Å². The number of fused-ring (bicyclic) bond motifs is 1. The van der Waals surface area contributed by atoms with Gasteiger partial charge >= 0.3 is 5.69 Å². The molecule has 9 heteroatoms. The van der Waals surface area contributed by atoms with Crippen LogP contribution in [0.5, 0.6) is 11.5 Å². The van der Waals surface area contributed by atoms with Gasteiger partial charge in [0.15, 0.2) is 11.5 Å². The number of benzene rings is 2. The van der Waals surface area contributed by atoms with Crippen LogP contribution in [0.25, 0.3) is 10.9 Å². The molecule has 0 spiro atoms. The Morgan fingerprint density at radius 3 is 2.73 bits per heavy atom. The van der Waals surface area contributed by atoms with Gasteiger partial charge in [0, 0.05) is 10.0 Å². The number of para-hydroxylation sites is 1. The first-order valence-corrected chi connectivity index (χ1v) is 10.6. The van der Waals surface area contributed by atoms with E-state index in [0.717, 1.165) is 11.1 Å². The lowest BCUT2D eigenvalue weighted by molar-refractivity contribution is 0.203. The number of ether oxygens (including phenoxy) is 2. The molecule has 0 unspecified atom stereocenters. The molecule has 158 valence electrons. The zero-order valence-corrected chi connectivity index (χ0v) is 19.1. The molecule has 1 heterocycles. The molecule has 0 aliphatic carbocycles. The summed E-state index contributed by atoms with van der Waals surface area (Å²) in [7, 11) is 0. The summed E-state index contributed by atoms with van der Waals surface area (Å²) in [5.41, 5.74) is -0.179. The second-order valence-corrected chi connectivity index (χ2v) is 7.70. The Labute approximate surface area is 186 Å². The number of nitrogens with one attached hydrogen (secondary N) is 1. The van der Waals surface area contributed by atoms with Crippen molar-refractivity contribution in [1.29, 1.82) is 0 Å². The van der Waals surface area contributed by atoms with Gasteiger partial charge in [-0.3, -0.25) is 4.79 Å². The molecular formula is C21H21BrClN3O4. The number of halogens is 2. The highest BCUT2D eigenvalue weighted by Crippen LogP contribution is 2.42. The molecule has 0 radical (unpaired) electrons. The van der Waals surface area contributed by atoms with E-state index in [0.29, 0.717) is 44.1 Å². The SMILES string of the molecule is CCOc1cc(C=Nn2c(=O)[nH]c3ccccc3c2=O)c(Br)c(Cl)c1O[C@H](C)CC. The van der Waals surface area contributed by atoms with Crippen molar-refractivity contribution in [3.8, 4) is 11.5 Å². The standard InChI is InChI=1S/C21H21BrClN3O4/c1-4-12(3)30-19-16(29-5-2)10-13(17(22)18(19)23)11-24-26-20(27)14-8-6-7-9-15(14)25-21(26)28/h6-12H,4-5H2,1-3H3,(H,25,28)/t12-/m1/s1. The lowest BCUT2D eigenvalue weighted by atomic mass is 10.2. The minimum Gasteiger partial charge on any atom is -0.490 e. The van der Waals surface area contributed by atoms with E-state index in [2.05, 4.69) is 26.0 Å². The topological polar surface area (TPSA) is 85.7 Å². The predicted molar refractivity (Wildman–Crippen MR) is 123 cm³/mol. The highest BCUT2D eigenvalue weighted by Gasteiger charge is 2.19. The Bertz CT molecular complexity index is 1220. The molecule has 1 aromatic heterocycles. The molecule has 1 atom stereocenters. The minimum atomic E-state index is -0.640. The third-order valence-corrected chi connectivity index (χ3v) is 5.89. The fraction of sp³-hybridized carbons (Fsp3) is 0.286. The number of nitrogens with zero attached hydrogens (tertiary/aromatic N) is 2. The van der Waals surface area contributed by atoms with E-state index >= 15 is 0 Å². The third-order valence-electron chi connectivity index (χ3n) is 4.45. The number of H-pyrrole nitrogens is 1. The summed E-state index contributed by atoms with van der Waals surface area (Å²) in [6.07, 6.45) is 2.12. The predicted octanol–water partition coefficient (Wildman–Crippen LogP) is 4.56. The summed E-state index contributed by atoms with van der Waals surface area (Å²) in [5, 5.41) is 4.77. The maximum atomic E-state index is 12.6. The zero-order chi connectivity index (χ0) is 21.8. The van der Waals surface area contributed by atoms with Crippen LogP contribution in [-0.2, 0) is 0 Å². The molecule has 3 rings (SSSR count). The van der Waals surface area contributed by atoms with E-state index in [4.69, 9.17) is 21.1 Å². The Morgan fingerprint density at radius 1 is 1.30 bits per heavy atom. The molecule has 1 N–H and O–H groups in total. The van der Waals surface area contributed by atoms with Gasteiger partial charge in [0.25, 0.3) is 5.56 Å². The highest BCUT2D eigenvalue weighted by molar-refractivity contribution is 9.10. The number of hydrogen-bond acceptors (Lipinski definition) is 5. The Balaban J connectivity index is 2.09. The Hall–Kier alpha value is -2.58. The number of hydrogen-bond donors (Lipinski definition) is 1. The fourth-order valence-electron chi connectivity index (χ4n) is 2.73. The summed E-state index contributed by atoms with van der Waals surface area (Å²) in [4.78, 5) is 27.6. The monoisotopic (exact) mass is 493 g/mol. The van der Waals surface area contributed by atoms with Crippen molar-refractivity contribution < 1.29 is 9.47 Å². The first-order chi connectivity index (χ1) is 14.4. The van der Waals surface area contributed by atoms with Gasteiger partial charge in [-0.05, 0) is 54.4 Å². The molecule has 0 aliphatic heterocycles. The zero-order valence-electron chi connectivity index (χ0n) is 16.7. The van der Waals surface area contributed by atoms with Gasteiger partial charge in [0.05, 0.1) is 29.8 Å². The van der Waals surface area contributed by atoms with Crippen LogP contribution < -0.4 is 20.7 Å². The average molecular weight is 495 g/mol. The van der Waals surface area contributed by atoms with Crippen molar-refractivity contribution in [2.45, 2.75) is 33.3 Å². The van der Waals surface area contributed by atoms with Gasteiger partial charge in [0.2, 0.25) is 0 Å². The fourth-order valence-corrected chi connectivity index (χ4v) is 3.38. The molecule has 0 saturated carbocycles.